The van der Waals surface area contributed by atoms with Crippen molar-refractivity contribution >= 4 is 17.3 Å². The van der Waals surface area contributed by atoms with Gasteiger partial charge < -0.3 is 15.2 Å². The Labute approximate surface area is 115 Å². The molecule has 1 aliphatic heterocycles. The number of aryl methyl sites for hydroxylation is 2. The third kappa shape index (κ3) is 2.36. The molecule has 1 aliphatic rings. The average molecular weight is 274 g/mol. The summed E-state index contributed by atoms with van der Waals surface area (Å²) < 4.78 is 15.9. The van der Waals surface area contributed by atoms with Crippen molar-refractivity contribution in [2.24, 2.45) is 7.05 Å². The number of amides is 1. The number of fused-ring (bicyclic) bond motifs is 1. The van der Waals surface area contributed by atoms with E-state index in [1.807, 2.05) is 11.6 Å². The fourth-order valence-electron chi connectivity index (χ4n) is 2.27. The number of carbonyl (C=O) groups is 1. The molecule has 104 valence electrons. The molecular weight excluding hydrogens is 259 g/mol. The van der Waals surface area contributed by atoms with Gasteiger partial charge >= 0.3 is 0 Å². The van der Waals surface area contributed by atoms with Crippen molar-refractivity contribution < 1.29 is 9.18 Å². The molecule has 0 spiro atoms. The van der Waals surface area contributed by atoms with Gasteiger partial charge in [-0.2, -0.15) is 0 Å². The van der Waals surface area contributed by atoms with E-state index >= 15 is 0 Å². The molecule has 0 saturated carbocycles. The van der Waals surface area contributed by atoms with E-state index in [-0.39, 0.29) is 11.7 Å². The Hall–Kier alpha value is -2.37. The van der Waals surface area contributed by atoms with Gasteiger partial charge in [-0.15, -0.1) is 0 Å². The third-order valence-electron chi connectivity index (χ3n) is 3.46. The molecule has 0 saturated heterocycles. The second-order valence-corrected chi connectivity index (χ2v) is 4.89. The van der Waals surface area contributed by atoms with Crippen LogP contribution in [-0.2, 0) is 24.8 Å². The third-order valence-corrected chi connectivity index (χ3v) is 3.46. The van der Waals surface area contributed by atoms with Crippen LogP contribution < -0.4 is 10.6 Å². The summed E-state index contributed by atoms with van der Waals surface area (Å²) in [5.74, 6) is -0.330. The summed E-state index contributed by atoms with van der Waals surface area (Å²) in [7, 11) is 1.88. The summed E-state index contributed by atoms with van der Waals surface area (Å²) in [6.45, 7) is 0.472. The maximum atomic E-state index is 14.0. The smallest absolute Gasteiger partial charge is 0.224 e. The van der Waals surface area contributed by atoms with Crippen LogP contribution in [0, 0.1) is 5.82 Å². The zero-order valence-corrected chi connectivity index (χ0v) is 11.1. The molecule has 2 aromatic rings. The number of carbonyl (C=O) groups excluding carboxylic acids is 1. The van der Waals surface area contributed by atoms with Crippen molar-refractivity contribution in [2.45, 2.75) is 19.4 Å². The number of rotatable bonds is 3. The van der Waals surface area contributed by atoms with Crippen LogP contribution in [0.5, 0.6) is 0 Å². The largest absolute Gasteiger partial charge is 0.377 e. The van der Waals surface area contributed by atoms with Gasteiger partial charge in [0.25, 0.3) is 0 Å². The van der Waals surface area contributed by atoms with Crippen LogP contribution in [0.15, 0.2) is 24.7 Å². The number of hydrogen-bond donors (Lipinski definition) is 2. The minimum absolute atomic E-state index is 0.0262. The van der Waals surface area contributed by atoms with E-state index in [1.165, 1.54) is 6.07 Å². The number of anilines is 2. The fraction of sp³-hybridized carbons (Fsp3) is 0.286. The average Bonchev–Trinajstić information content (AvgIpc) is 2.82. The highest BCUT2D eigenvalue weighted by molar-refractivity contribution is 5.94. The maximum Gasteiger partial charge on any atom is 0.224 e. The van der Waals surface area contributed by atoms with Gasteiger partial charge in [0.1, 0.15) is 5.82 Å². The topological polar surface area (TPSA) is 59.0 Å². The Morgan fingerprint density at radius 2 is 2.30 bits per heavy atom. The second-order valence-electron chi connectivity index (χ2n) is 4.89. The number of hydrogen-bond acceptors (Lipinski definition) is 3. The van der Waals surface area contributed by atoms with Crippen molar-refractivity contribution in [3.05, 3.63) is 41.7 Å². The highest BCUT2D eigenvalue weighted by Gasteiger charge is 2.17. The van der Waals surface area contributed by atoms with Crippen molar-refractivity contribution in [1.82, 2.24) is 9.55 Å². The van der Waals surface area contributed by atoms with Crippen molar-refractivity contribution in [2.75, 3.05) is 10.6 Å². The lowest BCUT2D eigenvalue weighted by Gasteiger charge is -2.18. The fourth-order valence-corrected chi connectivity index (χ4v) is 2.27. The molecule has 0 aliphatic carbocycles. The summed E-state index contributed by atoms with van der Waals surface area (Å²) in [4.78, 5) is 15.4. The van der Waals surface area contributed by atoms with Crippen LogP contribution in [0.2, 0.25) is 0 Å². The number of nitrogens with one attached hydrogen (secondary N) is 2. The van der Waals surface area contributed by atoms with E-state index < -0.39 is 0 Å². The van der Waals surface area contributed by atoms with Crippen molar-refractivity contribution in [3.8, 4) is 0 Å². The van der Waals surface area contributed by atoms with E-state index in [2.05, 4.69) is 15.6 Å². The molecule has 2 heterocycles. The monoisotopic (exact) mass is 274 g/mol. The standard InChI is InChI=1S/C14H15FN4O/c1-19-8-16-6-10(19)7-17-13-5-12-9(4-11(13)15)2-3-14(20)18-12/h4-6,8,17H,2-3,7H2,1H3,(H,18,20). The van der Waals surface area contributed by atoms with Crippen LogP contribution >= 0.6 is 0 Å². The first kappa shape index (κ1) is 12.7. The number of benzene rings is 1. The van der Waals surface area contributed by atoms with Crippen LogP contribution in [0.25, 0.3) is 0 Å². The molecule has 20 heavy (non-hydrogen) atoms. The van der Waals surface area contributed by atoms with E-state index in [1.54, 1.807) is 18.6 Å². The SMILES string of the molecule is Cn1cncc1CNc1cc2c(cc1F)CCC(=O)N2. The predicted molar refractivity (Wildman–Crippen MR) is 73.9 cm³/mol. The lowest BCUT2D eigenvalue weighted by molar-refractivity contribution is -0.116. The van der Waals surface area contributed by atoms with Gasteiger partial charge in [-0.3, -0.25) is 4.79 Å². The Kier molecular flexibility index (Phi) is 3.14. The molecule has 6 heteroatoms. The van der Waals surface area contributed by atoms with E-state index in [0.29, 0.717) is 30.8 Å². The Morgan fingerprint density at radius 3 is 3.05 bits per heavy atom. The molecule has 0 unspecified atom stereocenters. The van der Waals surface area contributed by atoms with Crippen molar-refractivity contribution in [1.29, 1.82) is 0 Å². The van der Waals surface area contributed by atoms with E-state index in [0.717, 1.165) is 11.3 Å². The molecule has 2 N–H and O–H groups in total. The molecule has 3 rings (SSSR count). The normalized spacial score (nSPS) is 13.8. The van der Waals surface area contributed by atoms with Gasteiger partial charge in [0, 0.05) is 25.4 Å². The van der Waals surface area contributed by atoms with Crippen LogP contribution in [0.1, 0.15) is 17.7 Å². The molecule has 0 radical (unpaired) electrons. The lowest BCUT2D eigenvalue weighted by Crippen LogP contribution is -2.19. The van der Waals surface area contributed by atoms with Gasteiger partial charge in [-0.05, 0) is 24.1 Å². The number of imidazole rings is 1. The molecule has 1 aromatic carbocycles. The van der Waals surface area contributed by atoms with Gasteiger partial charge in [-0.25, -0.2) is 9.37 Å². The Morgan fingerprint density at radius 1 is 1.45 bits per heavy atom. The van der Waals surface area contributed by atoms with Crippen LogP contribution in [-0.4, -0.2) is 15.5 Å². The van der Waals surface area contributed by atoms with Gasteiger partial charge in [0.15, 0.2) is 0 Å². The molecular formula is C14H15FN4O. The highest BCUT2D eigenvalue weighted by Crippen LogP contribution is 2.28. The number of halogens is 1. The first-order valence-corrected chi connectivity index (χ1v) is 6.45. The molecule has 0 bridgehead atoms. The first-order chi connectivity index (χ1) is 9.63. The summed E-state index contributed by atoms with van der Waals surface area (Å²) in [6, 6.07) is 3.14. The molecule has 1 aromatic heterocycles. The molecule has 0 fully saturated rings. The summed E-state index contributed by atoms with van der Waals surface area (Å²) >= 11 is 0. The number of nitrogens with zero attached hydrogens (tertiary/aromatic N) is 2. The summed E-state index contributed by atoms with van der Waals surface area (Å²) in [5.41, 5.74) is 2.86. The minimum atomic E-state index is -0.304. The van der Waals surface area contributed by atoms with E-state index in [4.69, 9.17) is 0 Å². The summed E-state index contributed by atoms with van der Waals surface area (Å²) in [5, 5.41) is 5.80. The first-order valence-electron chi connectivity index (χ1n) is 6.45. The van der Waals surface area contributed by atoms with Crippen LogP contribution in [0.4, 0.5) is 15.8 Å². The van der Waals surface area contributed by atoms with Crippen LogP contribution in [0.3, 0.4) is 0 Å². The second kappa shape index (κ2) is 4.96. The minimum Gasteiger partial charge on any atom is -0.377 e. The Bertz CT molecular complexity index is 665. The zero-order valence-electron chi connectivity index (χ0n) is 11.1. The lowest BCUT2D eigenvalue weighted by atomic mass is 10.0. The van der Waals surface area contributed by atoms with Gasteiger partial charge in [-0.1, -0.05) is 0 Å². The molecule has 0 atom stereocenters. The molecule has 5 nitrogen and oxygen atoms in total. The number of aromatic nitrogens is 2. The van der Waals surface area contributed by atoms with Crippen molar-refractivity contribution in [3.63, 3.8) is 0 Å². The van der Waals surface area contributed by atoms with E-state index in [9.17, 15) is 9.18 Å². The van der Waals surface area contributed by atoms with Gasteiger partial charge in [0.05, 0.1) is 24.3 Å². The van der Waals surface area contributed by atoms with Gasteiger partial charge in [0.2, 0.25) is 5.91 Å². The highest BCUT2D eigenvalue weighted by atomic mass is 19.1. The Balaban J connectivity index is 1.81. The molecule has 1 amide bonds. The summed E-state index contributed by atoms with van der Waals surface area (Å²) in [6.07, 6.45) is 4.42. The quantitative estimate of drug-likeness (QED) is 0.900. The predicted octanol–water partition coefficient (Wildman–Crippen LogP) is 2.06. The zero-order chi connectivity index (χ0) is 14.1. The maximum absolute atomic E-state index is 14.0.